The molecule has 2 aromatic carbocycles. The minimum absolute atomic E-state index is 0.258. The number of nitriles is 1. The third kappa shape index (κ3) is 2.91. The Balaban J connectivity index is 2.32. The molecule has 0 aliphatic rings. The minimum atomic E-state index is 0.258. The topological polar surface area (TPSA) is 62.7 Å². The van der Waals surface area contributed by atoms with Gasteiger partial charge in [-0.2, -0.15) is 5.26 Å². The molecule has 1 heterocycles. The first-order valence-electron chi connectivity index (χ1n) is 7.54. The van der Waals surface area contributed by atoms with Gasteiger partial charge in [0.2, 0.25) is 0 Å². The fraction of sp³-hybridized carbons (Fsp3) is 0.100. The van der Waals surface area contributed by atoms with Crippen LogP contribution in [0, 0.1) is 25.2 Å². The molecule has 0 aliphatic carbocycles. The SMILES string of the molecule is Cc1ccc(-c2nc(N)c(C#N)c(-c3cccc(Br)c3)c2C)cc1. The summed E-state index contributed by atoms with van der Waals surface area (Å²) in [7, 11) is 0. The van der Waals surface area contributed by atoms with E-state index in [9.17, 15) is 5.26 Å². The molecule has 0 saturated heterocycles. The van der Waals surface area contributed by atoms with Crippen molar-refractivity contribution in [3.63, 3.8) is 0 Å². The van der Waals surface area contributed by atoms with Crippen LogP contribution in [0.2, 0.25) is 0 Å². The predicted octanol–water partition coefficient (Wildman–Crippen LogP) is 5.25. The number of nitrogen functional groups attached to an aromatic ring is 1. The predicted molar refractivity (Wildman–Crippen MR) is 101 cm³/mol. The van der Waals surface area contributed by atoms with E-state index in [1.807, 2.05) is 62.4 Å². The van der Waals surface area contributed by atoms with Crippen LogP contribution in [0.5, 0.6) is 0 Å². The van der Waals surface area contributed by atoms with Crippen molar-refractivity contribution in [3.05, 3.63) is 69.7 Å². The van der Waals surface area contributed by atoms with Gasteiger partial charge in [-0.3, -0.25) is 0 Å². The van der Waals surface area contributed by atoms with Gasteiger partial charge in [0.15, 0.2) is 0 Å². The van der Waals surface area contributed by atoms with Gasteiger partial charge in [-0.15, -0.1) is 0 Å². The van der Waals surface area contributed by atoms with Gasteiger partial charge in [-0.1, -0.05) is 57.9 Å². The third-order valence-corrected chi connectivity index (χ3v) is 4.51. The van der Waals surface area contributed by atoms with E-state index in [0.29, 0.717) is 5.56 Å². The lowest BCUT2D eigenvalue weighted by atomic mass is 9.92. The fourth-order valence-electron chi connectivity index (χ4n) is 2.80. The van der Waals surface area contributed by atoms with Gasteiger partial charge in [0.1, 0.15) is 17.5 Å². The maximum absolute atomic E-state index is 9.57. The van der Waals surface area contributed by atoms with Gasteiger partial charge in [0.05, 0.1) is 5.69 Å². The van der Waals surface area contributed by atoms with Crippen molar-refractivity contribution < 1.29 is 0 Å². The summed E-state index contributed by atoms with van der Waals surface area (Å²) in [5.74, 6) is 0.258. The molecule has 118 valence electrons. The molecule has 3 aromatic rings. The molecule has 0 amide bonds. The summed E-state index contributed by atoms with van der Waals surface area (Å²) < 4.78 is 0.954. The van der Waals surface area contributed by atoms with Gasteiger partial charge in [-0.05, 0) is 37.1 Å². The van der Waals surface area contributed by atoms with Crippen molar-refractivity contribution in [1.29, 1.82) is 5.26 Å². The average Bonchev–Trinajstić information content (AvgIpc) is 2.57. The summed E-state index contributed by atoms with van der Waals surface area (Å²) in [6, 6.07) is 18.2. The van der Waals surface area contributed by atoms with Gasteiger partial charge in [-0.25, -0.2) is 4.98 Å². The molecular weight excluding hydrogens is 362 g/mol. The molecule has 3 rings (SSSR count). The van der Waals surface area contributed by atoms with E-state index in [2.05, 4.69) is 27.0 Å². The van der Waals surface area contributed by atoms with Crippen molar-refractivity contribution in [1.82, 2.24) is 4.98 Å². The van der Waals surface area contributed by atoms with Crippen LogP contribution in [0.1, 0.15) is 16.7 Å². The first-order chi connectivity index (χ1) is 11.5. The minimum Gasteiger partial charge on any atom is -0.383 e. The molecule has 0 aliphatic heterocycles. The zero-order valence-electron chi connectivity index (χ0n) is 13.5. The molecule has 24 heavy (non-hydrogen) atoms. The van der Waals surface area contributed by atoms with E-state index in [0.717, 1.165) is 32.4 Å². The molecule has 0 fully saturated rings. The first kappa shape index (κ1) is 16.2. The van der Waals surface area contributed by atoms with E-state index < -0.39 is 0 Å². The Kier molecular flexibility index (Phi) is 4.37. The van der Waals surface area contributed by atoms with Crippen LogP contribution >= 0.6 is 15.9 Å². The molecule has 2 N–H and O–H groups in total. The van der Waals surface area contributed by atoms with Gasteiger partial charge in [0.25, 0.3) is 0 Å². The number of nitrogens with zero attached hydrogens (tertiary/aromatic N) is 2. The lowest BCUT2D eigenvalue weighted by molar-refractivity contribution is 1.26. The molecular formula is C20H16BrN3. The number of aryl methyl sites for hydroxylation is 1. The summed E-state index contributed by atoms with van der Waals surface area (Å²) in [5, 5.41) is 9.57. The Morgan fingerprint density at radius 1 is 1.04 bits per heavy atom. The van der Waals surface area contributed by atoms with Crippen LogP contribution in [0.3, 0.4) is 0 Å². The number of benzene rings is 2. The lowest BCUT2D eigenvalue weighted by Crippen LogP contribution is -2.03. The molecule has 3 nitrogen and oxygen atoms in total. The lowest BCUT2D eigenvalue weighted by Gasteiger charge is -2.15. The first-order valence-corrected chi connectivity index (χ1v) is 8.33. The molecule has 4 heteroatoms. The van der Waals surface area contributed by atoms with E-state index >= 15 is 0 Å². The number of pyridine rings is 1. The number of halogens is 1. The zero-order chi connectivity index (χ0) is 17.3. The fourth-order valence-corrected chi connectivity index (χ4v) is 3.20. The van der Waals surface area contributed by atoms with Crippen LogP contribution < -0.4 is 5.73 Å². The van der Waals surface area contributed by atoms with Crippen molar-refractivity contribution in [3.8, 4) is 28.5 Å². The second-order valence-corrected chi connectivity index (χ2v) is 6.62. The highest BCUT2D eigenvalue weighted by Crippen LogP contribution is 2.36. The summed E-state index contributed by atoms with van der Waals surface area (Å²) in [5.41, 5.74) is 12.2. The van der Waals surface area contributed by atoms with E-state index in [1.165, 1.54) is 5.56 Å². The van der Waals surface area contributed by atoms with Gasteiger partial charge in [0, 0.05) is 15.6 Å². The molecule has 0 atom stereocenters. The second kappa shape index (κ2) is 6.46. The molecule has 0 unspecified atom stereocenters. The van der Waals surface area contributed by atoms with Crippen LogP contribution in [0.4, 0.5) is 5.82 Å². The largest absolute Gasteiger partial charge is 0.383 e. The maximum atomic E-state index is 9.57. The Bertz CT molecular complexity index is 954. The van der Waals surface area contributed by atoms with Crippen molar-refractivity contribution >= 4 is 21.7 Å². The van der Waals surface area contributed by atoms with Crippen LogP contribution in [0.15, 0.2) is 53.0 Å². The molecule has 0 spiro atoms. The molecule has 1 aromatic heterocycles. The quantitative estimate of drug-likeness (QED) is 0.663. The number of anilines is 1. The highest BCUT2D eigenvalue weighted by atomic mass is 79.9. The number of nitrogens with two attached hydrogens (primary N) is 1. The highest BCUT2D eigenvalue weighted by molar-refractivity contribution is 9.10. The summed E-state index contributed by atoms with van der Waals surface area (Å²) in [6.07, 6.45) is 0. The van der Waals surface area contributed by atoms with Gasteiger partial charge >= 0.3 is 0 Å². The van der Waals surface area contributed by atoms with Crippen molar-refractivity contribution in [2.45, 2.75) is 13.8 Å². The average molecular weight is 378 g/mol. The monoisotopic (exact) mass is 377 g/mol. The van der Waals surface area contributed by atoms with Crippen LogP contribution in [-0.4, -0.2) is 4.98 Å². The smallest absolute Gasteiger partial charge is 0.142 e. The molecule has 0 radical (unpaired) electrons. The Hall–Kier alpha value is -2.64. The summed E-state index contributed by atoms with van der Waals surface area (Å²) in [6.45, 7) is 4.03. The Morgan fingerprint density at radius 2 is 1.75 bits per heavy atom. The zero-order valence-corrected chi connectivity index (χ0v) is 15.1. The number of hydrogen-bond acceptors (Lipinski definition) is 3. The van der Waals surface area contributed by atoms with Crippen molar-refractivity contribution in [2.75, 3.05) is 5.73 Å². The third-order valence-electron chi connectivity index (χ3n) is 4.02. The van der Waals surface area contributed by atoms with E-state index in [-0.39, 0.29) is 5.82 Å². The standard InChI is InChI=1S/C20H16BrN3/c1-12-6-8-14(9-7-12)19-13(2)18(17(11-22)20(23)24-19)15-4-3-5-16(21)10-15/h3-10H,1-2H3,(H2,23,24). The second-order valence-electron chi connectivity index (χ2n) is 5.71. The van der Waals surface area contributed by atoms with E-state index in [1.54, 1.807) is 0 Å². The summed E-state index contributed by atoms with van der Waals surface area (Å²) >= 11 is 3.49. The Morgan fingerprint density at radius 3 is 2.38 bits per heavy atom. The number of rotatable bonds is 2. The number of hydrogen-bond donors (Lipinski definition) is 1. The Labute approximate surface area is 149 Å². The number of aromatic nitrogens is 1. The van der Waals surface area contributed by atoms with Crippen LogP contribution in [0.25, 0.3) is 22.4 Å². The van der Waals surface area contributed by atoms with Crippen molar-refractivity contribution in [2.24, 2.45) is 0 Å². The normalized spacial score (nSPS) is 10.4. The van der Waals surface area contributed by atoms with Crippen LogP contribution in [-0.2, 0) is 0 Å². The molecule has 0 saturated carbocycles. The highest BCUT2D eigenvalue weighted by Gasteiger charge is 2.18. The van der Waals surface area contributed by atoms with Gasteiger partial charge < -0.3 is 5.73 Å². The maximum Gasteiger partial charge on any atom is 0.142 e. The molecule has 0 bridgehead atoms. The van der Waals surface area contributed by atoms with E-state index in [4.69, 9.17) is 5.73 Å². The summed E-state index contributed by atoms with van der Waals surface area (Å²) in [4.78, 5) is 4.50.